The quantitative estimate of drug-likeness (QED) is 0.377. The first-order chi connectivity index (χ1) is 16.6. The van der Waals surface area contributed by atoms with Crippen molar-refractivity contribution in [3.8, 4) is 0 Å². The lowest BCUT2D eigenvalue weighted by Gasteiger charge is -2.60. The van der Waals surface area contributed by atoms with Crippen LogP contribution in [-0.4, -0.2) is 28.9 Å². The van der Waals surface area contributed by atoms with Crippen molar-refractivity contribution in [3.05, 3.63) is 47.3 Å². The number of carbonyl (C=O) groups is 1. The highest BCUT2D eigenvalue weighted by atomic mass is 19.1. The molecule has 0 radical (unpaired) electrons. The van der Waals surface area contributed by atoms with Gasteiger partial charge in [0.15, 0.2) is 11.6 Å². The minimum atomic E-state index is -1.18. The summed E-state index contributed by atoms with van der Waals surface area (Å²) in [5.41, 5.74) is 1.51. The molecule has 1 aromatic rings. The Hall–Kier alpha value is -1.56. The molecule has 5 heteroatoms. The molecule has 35 heavy (non-hydrogen) atoms. The zero-order valence-corrected chi connectivity index (χ0v) is 21.7. The minimum Gasteiger partial charge on any atom is -0.367 e. The highest BCUT2D eigenvalue weighted by molar-refractivity contribution is 5.86. The maximum atomic E-state index is 13.2. The Morgan fingerprint density at radius 3 is 2.46 bits per heavy atom. The van der Waals surface area contributed by atoms with E-state index in [-0.39, 0.29) is 29.0 Å². The van der Waals surface area contributed by atoms with Gasteiger partial charge in [0.1, 0.15) is 11.4 Å². The molecule has 0 bridgehead atoms. The van der Waals surface area contributed by atoms with Crippen LogP contribution in [-0.2, 0) is 20.9 Å². The lowest BCUT2D eigenvalue weighted by Crippen LogP contribution is -2.58. The van der Waals surface area contributed by atoms with Crippen LogP contribution in [0.1, 0.15) is 84.6 Å². The number of hydrogen-bond acceptors (Lipinski definition) is 4. The Bertz CT molecular complexity index is 1000. The van der Waals surface area contributed by atoms with Gasteiger partial charge in [-0.05, 0) is 93.2 Å². The summed E-state index contributed by atoms with van der Waals surface area (Å²) in [5.74, 6) is 0.350. The molecule has 3 fully saturated rings. The third kappa shape index (κ3) is 3.84. The van der Waals surface area contributed by atoms with Crippen molar-refractivity contribution >= 4 is 5.78 Å². The van der Waals surface area contributed by atoms with E-state index in [1.807, 2.05) is 6.92 Å². The number of hydrogen-bond donors (Lipinski definition) is 1. The first kappa shape index (κ1) is 25.1. The van der Waals surface area contributed by atoms with Crippen molar-refractivity contribution in [3.63, 3.8) is 0 Å². The third-order valence-electron chi connectivity index (χ3n) is 10.6. The lowest BCUT2D eigenvalue weighted by molar-refractivity contribution is -0.232. The number of halogens is 1. The van der Waals surface area contributed by atoms with Crippen LogP contribution in [0.25, 0.3) is 0 Å². The molecule has 4 nitrogen and oxygen atoms in total. The van der Waals surface area contributed by atoms with Gasteiger partial charge in [-0.3, -0.25) is 4.79 Å². The highest BCUT2D eigenvalue weighted by Gasteiger charge is 2.66. The van der Waals surface area contributed by atoms with E-state index in [1.54, 1.807) is 19.1 Å². The van der Waals surface area contributed by atoms with Crippen LogP contribution in [0.3, 0.4) is 0 Å². The number of allylic oxidation sites excluding steroid dienone is 1. The smallest absolute Gasteiger partial charge is 0.169 e. The van der Waals surface area contributed by atoms with E-state index in [1.165, 1.54) is 17.7 Å². The second-order valence-corrected chi connectivity index (χ2v) is 12.1. The number of fused-ring (bicyclic) bond motifs is 5. The largest absolute Gasteiger partial charge is 0.367 e. The number of rotatable bonds is 6. The lowest BCUT2D eigenvalue weighted by atomic mass is 9.46. The predicted octanol–water partition coefficient (Wildman–Crippen LogP) is 6.36. The molecule has 4 aliphatic carbocycles. The molecular weight excluding hydrogens is 443 g/mol. The summed E-state index contributed by atoms with van der Waals surface area (Å²) in [6.07, 6.45) is 9.43. The van der Waals surface area contributed by atoms with Gasteiger partial charge in [-0.15, -0.1) is 0 Å². The molecule has 7 atom stereocenters. The molecule has 3 saturated carbocycles. The number of ether oxygens (including phenoxy) is 2. The Kier molecular flexibility index (Phi) is 6.30. The van der Waals surface area contributed by atoms with Crippen LogP contribution >= 0.6 is 0 Å². The summed E-state index contributed by atoms with van der Waals surface area (Å²) in [6, 6.07) is 6.27. The number of Topliss-reactive ketones (excluding diaryl/α,β-unsaturated/α-hetero) is 1. The van der Waals surface area contributed by atoms with Gasteiger partial charge < -0.3 is 14.6 Å². The summed E-state index contributed by atoms with van der Waals surface area (Å²) in [4.78, 5) is 12.9. The number of aliphatic hydroxyl groups is 1. The van der Waals surface area contributed by atoms with Gasteiger partial charge >= 0.3 is 0 Å². The number of ketones is 1. The maximum Gasteiger partial charge on any atom is 0.169 e. The summed E-state index contributed by atoms with van der Waals surface area (Å²) >= 11 is 0. The Morgan fingerprint density at radius 2 is 1.77 bits per heavy atom. The molecule has 0 saturated heterocycles. The standard InChI is InChI=1S/C30H41FO4/c1-5-34-30(20(2)32)15-13-26-24-11-8-22-18-29(33,35-19-21-6-9-23(31)10-7-21)17-16-27(22,3)25(24)12-14-28(26,30)4/h6-10,24-26,33H,5,11-19H2,1-4H3/t24?,25?,26?,27-,28-,29-,30+/m0/s1. The molecule has 0 spiro atoms. The van der Waals surface area contributed by atoms with Gasteiger partial charge in [0.2, 0.25) is 0 Å². The van der Waals surface area contributed by atoms with E-state index in [9.17, 15) is 14.3 Å². The maximum absolute atomic E-state index is 13.2. The highest BCUT2D eigenvalue weighted by Crippen LogP contribution is 2.68. The fourth-order valence-electron chi connectivity index (χ4n) is 8.70. The van der Waals surface area contributed by atoms with Gasteiger partial charge in [-0.2, -0.15) is 0 Å². The second kappa shape index (κ2) is 8.78. The van der Waals surface area contributed by atoms with Crippen molar-refractivity contribution in [1.29, 1.82) is 0 Å². The molecular formula is C30H41FO4. The van der Waals surface area contributed by atoms with Gasteiger partial charge in [0.05, 0.1) is 6.61 Å². The van der Waals surface area contributed by atoms with Crippen LogP contribution in [0, 0.1) is 34.4 Å². The Balaban J connectivity index is 1.35. The van der Waals surface area contributed by atoms with Gasteiger partial charge in [0.25, 0.3) is 0 Å². The summed E-state index contributed by atoms with van der Waals surface area (Å²) in [7, 11) is 0. The first-order valence-corrected chi connectivity index (χ1v) is 13.5. The van der Waals surface area contributed by atoms with Crippen molar-refractivity contribution < 1.29 is 23.8 Å². The van der Waals surface area contributed by atoms with Crippen molar-refractivity contribution in [1.82, 2.24) is 0 Å². The zero-order valence-electron chi connectivity index (χ0n) is 21.7. The number of benzene rings is 1. The second-order valence-electron chi connectivity index (χ2n) is 12.1. The SMILES string of the molecule is CCO[C@@]1(C(C)=O)CCC2C3CC=C4C[C@@](O)(OCc5ccc(F)cc5)CC[C@]4(C)C3CC[C@@]21C. The van der Waals surface area contributed by atoms with Crippen LogP contribution in [0.5, 0.6) is 0 Å². The fraction of sp³-hybridized carbons (Fsp3) is 0.700. The summed E-state index contributed by atoms with van der Waals surface area (Å²) in [6.45, 7) is 9.30. The van der Waals surface area contributed by atoms with Crippen molar-refractivity contribution in [2.45, 2.75) is 97.1 Å². The molecule has 0 aliphatic heterocycles. The monoisotopic (exact) mass is 484 g/mol. The molecule has 5 rings (SSSR count). The molecule has 1 aromatic carbocycles. The van der Waals surface area contributed by atoms with E-state index in [0.717, 1.165) is 44.1 Å². The first-order valence-electron chi connectivity index (χ1n) is 13.5. The minimum absolute atomic E-state index is 0.0583. The van der Waals surface area contributed by atoms with Crippen LogP contribution in [0.2, 0.25) is 0 Å². The average molecular weight is 485 g/mol. The van der Waals surface area contributed by atoms with Gasteiger partial charge in [-0.25, -0.2) is 4.39 Å². The number of carbonyl (C=O) groups excluding carboxylic acids is 1. The third-order valence-corrected chi connectivity index (χ3v) is 10.6. The molecule has 4 aliphatic rings. The molecule has 3 unspecified atom stereocenters. The van der Waals surface area contributed by atoms with E-state index in [4.69, 9.17) is 9.47 Å². The van der Waals surface area contributed by atoms with E-state index in [2.05, 4.69) is 19.9 Å². The normalized spacial score (nSPS) is 42.6. The van der Waals surface area contributed by atoms with Gasteiger partial charge in [-0.1, -0.05) is 37.6 Å². The Labute approximate surface area is 209 Å². The van der Waals surface area contributed by atoms with E-state index < -0.39 is 11.4 Å². The molecule has 0 aromatic heterocycles. The molecule has 0 amide bonds. The van der Waals surface area contributed by atoms with Crippen LogP contribution in [0.15, 0.2) is 35.9 Å². The summed E-state index contributed by atoms with van der Waals surface area (Å²) in [5, 5.41) is 11.3. The van der Waals surface area contributed by atoms with Crippen LogP contribution < -0.4 is 0 Å². The Morgan fingerprint density at radius 1 is 1.06 bits per heavy atom. The van der Waals surface area contributed by atoms with Gasteiger partial charge in [0, 0.05) is 24.9 Å². The van der Waals surface area contributed by atoms with E-state index >= 15 is 0 Å². The zero-order chi connectivity index (χ0) is 25.1. The van der Waals surface area contributed by atoms with Crippen molar-refractivity contribution in [2.24, 2.45) is 28.6 Å². The topological polar surface area (TPSA) is 55.8 Å². The molecule has 1 N–H and O–H groups in total. The fourth-order valence-corrected chi connectivity index (χ4v) is 8.70. The molecule has 192 valence electrons. The molecule has 0 heterocycles. The van der Waals surface area contributed by atoms with Crippen LogP contribution in [0.4, 0.5) is 4.39 Å². The summed E-state index contributed by atoms with van der Waals surface area (Å²) < 4.78 is 25.6. The van der Waals surface area contributed by atoms with Crippen molar-refractivity contribution in [2.75, 3.05) is 6.61 Å². The average Bonchev–Trinajstić information content (AvgIpc) is 3.13. The van der Waals surface area contributed by atoms with E-state index in [0.29, 0.717) is 37.2 Å². The predicted molar refractivity (Wildman–Crippen MR) is 133 cm³/mol.